The molecule has 0 amide bonds. The van der Waals surface area contributed by atoms with Gasteiger partial charge in [-0.3, -0.25) is 0 Å². The molecule has 112 valence electrons. The third-order valence-corrected chi connectivity index (χ3v) is 3.82. The number of nitrogens with one attached hydrogen (secondary N) is 1. The van der Waals surface area contributed by atoms with E-state index >= 15 is 0 Å². The van der Waals surface area contributed by atoms with E-state index in [1.165, 1.54) is 16.7 Å². The molecular weight excluding hydrogens is 326 g/mol. The number of halogens is 1. The van der Waals surface area contributed by atoms with Crippen molar-refractivity contribution in [1.29, 1.82) is 0 Å². The minimum Gasteiger partial charge on any atom is -0.493 e. The molecule has 0 aliphatic heterocycles. The first-order valence-corrected chi connectivity index (χ1v) is 8.16. The third kappa shape index (κ3) is 4.87. The Morgan fingerprint density at radius 3 is 2.62 bits per heavy atom. The molecule has 2 aromatic rings. The van der Waals surface area contributed by atoms with Gasteiger partial charge < -0.3 is 10.1 Å². The lowest BCUT2D eigenvalue weighted by atomic mass is 10.1. The van der Waals surface area contributed by atoms with Crippen molar-refractivity contribution in [2.75, 3.05) is 13.2 Å². The van der Waals surface area contributed by atoms with Gasteiger partial charge in [0.15, 0.2) is 0 Å². The summed E-state index contributed by atoms with van der Waals surface area (Å²) in [6, 6.07) is 14.7. The molecule has 0 aromatic heterocycles. The molecule has 21 heavy (non-hydrogen) atoms. The molecule has 0 radical (unpaired) electrons. The van der Waals surface area contributed by atoms with Crippen molar-refractivity contribution >= 4 is 15.9 Å². The second kappa shape index (κ2) is 8.20. The van der Waals surface area contributed by atoms with E-state index in [2.05, 4.69) is 71.5 Å². The van der Waals surface area contributed by atoms with Gasteiger partial charge in [-0.05, 0) is 36.7 Å². The zero-order valence-electron chi connectivity index (χ0n) is 12.7. The molecule has 0 spiro atoms. The topological polar surface area (TPSA) is 21.3 Å². The molecule has 0 aliphatic rings. The summed E-state index contributed by atoms with van der Waals surface area (Å²) in [5.41, 5.74) is 3.68. The fraction of sp³-hybridized carbons (Fsp3) is 0.333. The number of aryl methyl sites for hydroxylation is 1. The standard InChI is InChI=1S/C18H22BrNO/c1-3-20-13-16-12-17(19)11-14(2)18(16)21-10-9-15-7-5-4-6-8-15/h4-8,11-12,20H,3,9-10,13H2,1-2H3. The van der Waals surface area contributed by atoms with Crippen molar-refractivity contribution in [3.63, 3.8) is 0 Å². The molecule has 0 heterocycles. The van der Waals surface area contributed by atoms with Crippen molar-refractivity contribution < 1.29 is 4.74 Å². The lowest BCUT2D eigenvalue weighted by Gasteiger charge is -2.15. The molecule has 0 aliphatic carbocycles. The average molecular weight is 348 g/mol. The van der Waals surface area contributed by atoms with Gasteiger partial charge in [-0.1, -0.05) is 53.2 Å². The van der Waals surface area contributed by atoms with Crippen molar-refractivity contribution in [2.45, 2.75) is 26.8 Å². The van der Waals surface area contributed by atoms with E-state index in [1.54, 1.807) is 0 Å². The molecule has 2 nitrogen and oxygen atoms in total. The van der Waals surface area contributed by atoms with E-state index in [0.29, 0.717) is 6.61 Å². The maximum absolute atomic E-state index is 6.06. The molecular formula is C18H22BrNO. The largest absolute Gasteiger partial charge is 0.493 e. The fourth-order valence-electron chi connectivity index (χ4n) is 2.31. The highest BCUT2D eigenvalue weighted by Gasteiger charge is 2.09. The summed E-state index contributed by atoms with van der Waals surface area (Å²) >= 11 is 3.56. The van der Waals surface area contributed by atoms with E-state index in [-0.39, 0.29) is 0 Å². The van der Waals surface area contributed by atoms with Gasteiger partial charge in [0, 0.05) is 23.0 Å². The Hall–Kier alpha value is -1.32. The van der Waals surface area contributed by atoms with Crippen LogP contribution in [0.1, 0.15) is 23.6 Å². The highest BCUT2D eigenvalue weighted by Crippen LogP contribution is 2.28. The summed E-state index contributed by atoms with van der Waals surface area (Å²) in [4.78, 5) is 0. The molecule has 0 atom stereocenters. The molecule has 2 aromatic carbocycles. The Morgan fingerprint density at radius 2 is 1.90 bits per heavy atom. The molecule has 0 unspecified atom stereocenters. The Labute approximate surface area is 135 Å². The highest BCUT2D eigenvalue weighted by atomic mass is 79.9. The van der Waals surface area contributed by atoms with Crippen LogP contribution in [0.4, 0.5) is 0 Å². The van der Waals surface area contributed by atoms with Gasteiger partial charge in [0.05, 0.1) is 6.61 Å². The lowest BCUT2D eigenvalue weighted by molar-refractivity contribution is 0.315. The van der Waals surface area contributed by atoms with Crippen LogP contribution in [-0.2, 0) is 13.0 Å². The van der Waals surface area contributed by atoms with Crippen LogP contribution in [0.5, 0.6) is 5.75 Å². The third-order valence-electron chi connectivity index (χ3n) is 3.36. The van der Waals surface area contributed by atoms with E-state index in [9.17, 15) is 0 Å². The molecule has 0 bridgehead atoms. The second-order valence-electron chi connectivity index (χ2n) is 5.08. The second-order valence-corrected chi connectivity index (χ2v) is 5.99. The monoisotopic (exact) mass is 347 g/mol. The zero-order valence-corrected chi connectivity index (χ0v) is 14.2. The normalized spacial score (nSPS) is 10.6. The van der Waals surface area contributed by atoms with Gasteiger partial charge in [-0.25, -0.2) is 0 Å². The highest BCUT2D eigenvalue weighted by molar-refractivity contribution is 9.10. The van der Waals surface area contributed by atoms with Gasteiger partial charge in [-0.15, -0.1) is 0 Å². The van der Waals surface area contributed by atoms with Crippen LogP contribution in [-0.4, -0.2) is 13.2 Å². The fourth-order valence-corrected chi connectivity index (χ4v) is 2.93. The first-order chi connectivity index (χ1) is 10.2. The Morgan fingerprint density at radius 1 is 1.14 bits per heavy atom. The number of ether oxygens (including phenoxy) is 1. The Balaban J connectivity index is 2.04. The smallest absolute Gasteiger partial charge is 0.126 e. The Bertz CT molecular complexity index is 569. The van der Waals surface area contributed by atoms with Crippen LogP contribution in [0.25, 0.3) is 0 Å². The summed E-state index contributed by atoms with van der Waals surface area (Å²) in [5, 5.41) is 3.37. The van der Waals surface area contributed by atoms with Crippen LogP contribution in [0.15, 0.2) is 46.9 Å². The van der Waals surface area contributed by atoms with E-state index in [0.717, 1.165) is 29.7 Å². The average Bonchev–Trinajstić information content (AvgIpc) is 2.48. The zero-order chi connectivity index (χ0) is 15.1. The summed E-state index contributed by atoms with van der Waals surface area (Å²) in [7, 11) is 0. The molecule has 0 saturated heterocycles. The quantitative estimate of drug-likeness (QED) is 0.796. The van der Waals surface area contributed by atoms with Crippen molar-refractivity contribution in [2.24, 2.45) is 0 Å². The first kappa shape index (κ1) is 16.1. The Kier molecular flexibility index (Phi) is 6.27. The summed E-state index contributed by atoms with van der Waals surface area (Å²) < 4.78 is 7.16. The van der Waals surface area contributed by atoms with Crippen molar-refractivity contribution in [1.82, 2.24) is 5.32 Å². The minimum atomic E-state index is 0.700. The van der Waals surface area contributed by atoms with Crippen LogP contribution in [0.2, 0.25) is 0 Å². The SMILES string of the molecule is CCNCc1cc(Br)cc(C)c1OCCc1ccccc1. The van der Waals surface area contributed by atoms with Gasteiger partial charge in [-0.2, -0.15) is 0 Å². The number of benzene rings is 2. The van der Waals surface area contributed by atoms with Crippen LogP contribution < -0.4 is 10.1 Å². The van der Waals surface area contributed by atoms with Crippen molar-refractivity contribution in [3.8, 4) is 5.75 Å². The first-order valence-electron chi connectivity index (χ1n) is 7.37. The molecule has 0 saturated carbocycles. The number of rotatable bonds is 7. The van der Waals surface area contributed by atoms with Crippen LogP contribution in [0.3, 0.4) is 0 Å². The van der Waals surface area contributed by atoms with Crippen LogP contribution in [0, 0.1) is 6.92 Å². The van der Waals surface area contributed by atoms with Gasteiger partial charge in [0.1, 0.15) is 5.75 Å². The van der Waals surface area contributed by atoms with Gasteiger partial charge in [0.2, 0.25) is 0 Å². The molecule has 2 rings (SSSR count). The minimum absolute atomic E-state index is 0.700. The number of hydrogen-bond acceptors (Lipinski definition) is 2. The maximum atomic E-state index is 6.06. The van der Waals surface area contributed by atoms with E-state index in [4.69, 9.17) is 4.74 Å². The molecule has 3 heteroatoms. The van der Waals surface area contributed by atoms with Crippen molar-refractivity contribution in [3.05, 3.63) is 63.6 Å². The molecule has 1 N–H and O–H groups in total. The van der Waals surface area contributed by atoms with Gasteiger partial charge in [0.25, 0.3) is 0 Å². The van der Waals surface area contributed by atoms with E-state index in [1.807, 2.05) is 6.07 Å². The predicted octanol–water partition coefficient (Wildman–Crippen LogP) is 4.49. The maximum Gasteiger partial charge on any atom is 0.126 e. The predicted molar refractivity (Wildman–Crippen MR) is 91.9 cm³/mol. The van der Waals surface area contributed by atoms with Crippen LogP contribution >= 0.6 is 15.9 Å². The number of hydrogen-bond donors (Lipinski definition) is 1. The van der Waals surface area contributed by atoms with Gasteiger partial charge >= 0.3 is 0 Å². The van der Waals surface area contributed by atoms with E-state index < -0.39 is 0 Å². The summed E-state index contributed by atoms with van der Waals surface area (Å²) in [6.45, 7) is 6.69. The lowest BCUT2D eigenvalue weighted by Crippen LogP contribution is -2.14. The molecule has 0 fully saturated rings. The summed E-state index contributed by atoms with van der Waals surface area (Å²) in [6.07, 6.45) is 0.928. The summed E-state index contributed by atoms with van der Waals surface area (Å²) in [5.74, 6) is 1.01.